The number of nitrogens with zero attached hydrogens (tertiary/aromatic N) is 5. The molecule has 0 aliphatic heterocycles. The summed E-state index contributed by atoms with van der Waals surface area (Å²) >= 11 is 5.09. The Balaban J connectivity index is 1.84. The van der Waals surface area contributed by atoms with Crippen LogP contribution in [0.3, 0.4) is 0 Å². The van der Waals surface area contributed by atoms with Crippen LogP contribution in [0.15, 0.2) is 40.1 Å². The SMILES string of the molecule is CCn1nnc2c(SCc3ccc(Br)cc3)ncnc21. The molecule has 0 amide bonds. The molecule has 1 aromatic carbocycles. The van der Waals surface area contributed by atoms with E-state index in [1.54, 1.807) is 22.8 Å². The first-order chi connectivity index (χ1) is 9.78. The second kappa shape index (κ2) is 5.88. The molecule has 0 N–H and O–H groups in total. The molecular weight excluding hydrogens is 338 g/mol. The maximum Gasteiger partial charge on any atom is 0.182 e. The fourth-order valence-corrected chi connectivity index (χ4v) is 2.97. The normalized spacial score (nSPS) is 11.1. The van der Waals surface area contributed by atoms with Crippen LogP contribution in [-0.4, -0.2) is 25.0 Å². The number of benzene rings is 1. The predicted molar refractivity (Wildman–Crippen MR) is 82.5 cm³/mol. The summed E-state index contributed by atoms with van der Waals surface area (Å²) in [7, 11) is 0. The average Bonchev–Trinajstić information content (AvgIpc) is 2.90. The number of fused-ring (bicyclic) bond motifs is 1. The van der Waals surface area contributed by atoms with Gasteiger partial charge >= 0.3 is 0 Å². The van der Waals surface area contributed by atoms with Gasteiger partial charge in [-0.25, -0.2) is 14.6 Å². The van der Waals surface area contributed by atoms with E-state index in [1.165, 1.54) is 5.56 Å². The molecule has 0 radical (unpaired) electrons. The summed E-state index contributed by atoms with van der Waals surface area (Å²) in [5.74, 6) is 0.846. The molecule has 0 bridgehead atoms. The van der Waals surface area contributed by atoms with Crippen molar-refractivity contribution in [3.63, 3.8) is 0 Å². The molecule has 0 aliphatic carbocycles. The number of hydrogen-bond donors (Lipinski definition) is 0. The van der Waals surface area contributed by atoms with Gasteiger partial charge in [0.2, 0.25) is 0 Å². The minimum absolute atomic E-state index is 0.754. The zero-order valence-corrected chi connectivity index (χ0v) is 13.2. The Morgan fingerprint density at radius 3 is 2.75 bits per heavy atom. The lowest BCUT2D eigenvalue weighted by atomic mass is 10.2. The van der Waals surface area contributed by atoms with Crippen LogP contribution < -0.4 is 0 Å². The maximum absolute atomic E-state index is 4.31. The molecule has 3 rings (SSSR count). The van der Waals surface area contributed by atoms with Crippen LogP contribution in [0.25, 0.3) is 11.2 Å². The first-order valence-corrected chi connectivity index (χ1v) is 7.97. The summed E-state index contributed by atoms with van der Waals surface area (Å²) in [6.45, 7) is 2.77. The molecular formula is C13H12BrN5S. The third kappa shape index (κ3) is 2.69. The Morgan fingerprint density at radius 1 is 1.20 bits per heavy atom. The highest BCUT2D eigenvalue weighted by Crippen LogP contribution is 2.26. The van der Waals surface area contributed by atoms with Gasteiger partial charge in [0, 0.05) is 16.8 Å². The van der Waals surface area contributed by atoms with E-state index in [0.29, 0.717) is 0 Å². The Bertz CT molecular complexity index is 725. The van der Waals surface area contributed by atoms with Gasteiger partial charge in [-0.15, -0.1) is 5.10 Å². The summed E-state index contributed by atoms with van der Waals surface area (Å²) in [5.41, 5.74) is 2.81. The zero-order chi connectivity index (χ0) is 13.9. The molecule has 102 valence electrons. The lowest BCUT2D eigenvalue weighted by Gasteiger charge is -2.02. The Hall–Kier alpha value is -1.47. The Labute approximate surface area is 128 Å². The van der Waals surface area contributed by atoms with E-state index in [-0.39, 0.29) is 0 Å². The highest BCUT2D eigenvalue weighted by molar-refractivity contribution is 9.10. The van der Waals surface area contributed by atoms with E-state index in [9.17, 15) is 0 Å². The van der Waals surface area contributed by atoms with Crippen molar-refractivity contribution < 1.29 is 0 Å². The molecule has 0 fully saturated rings. The van der Waals surface area contributed by atoms with E-state index in [2.05, 4.69) is 48.3 Å². The number of thioether (sulfide) groups is 1. The average molecular weight is 350 g/mol. The smallest absolute Gasteiger partial charge is 0.182 e. The summed E-state index contributed by atoms with van der Waals surface area (Å²) in [6, 6.07) is 8.27. The van der Waals surface area contributed by atoms with Crippen molar-refractivity contribution in [2.75, 3.05) is 0 Å². The molecule has 0 aliphatic rings. The van der Waals surface area contributed by atoms with Crippen molar-refractivity contribution in [1.82, 2.24) is 25.0 Å². The third-order valence-electron chi connectivity index (χ3n) is 2.85. The van der Waals surface area contributed by atoms with Gasteiger partial charge in [-0.3, -0.25) is 0 Å². The van der Waals surface area contributed by atoms with Crippen LogP contribution in [0.2, 0.25) is 0 Å². The van der Waals surface area contributed by atoms with Gasteiger partial charge in [-0.2, -0.15) is 0 Å². The van der Waals surface area contributed by atoms with Gasteiger partial charge in [-0.1, -0.05) is 45.0 Å². The first-order valence-electron chi connectivity index (χ1n) is 6.19. The quantitative estimate of drug-likeness (QED) is 0.534. The van der Waals surface area contributed by atoms with Crippen LogP contribution in [0.1, 0.15) is 12.5 Å². The van der Waals surface area contributed by atoms with Gasteiger partial charge in [0.1, 0.15) is 11.4 Å². The van der Waals surface area contributed by atoms with Crippen molar-refractivity contribution in [1.29, 1.82) is 0 Å². The lowest BCUT2D eigenvalue weighted by Crippen LogP contribution is -1.97. The van der Waals surface area contributed by atoms with Crippen LogP contribution >= 0.6 is 27.7 Å². The monoisotopic (exact) mass is 349 g/mol. The van der Waals surface area contributed by atoms with Crippen LogP contribution in [0, 0.1) is 0 Å². The summed E-state index contributed by atoms with van der Waals surface area (Å²) in [5, 5.41) is 9.13. The van der Waals surface area contributed by atoms with Gasteiger partial charge in [0.15, 0.2) is 11.2 Å². The predicted octanol–water partition coefficient (Wildman–Crippen LogP) is 3.30. The molecule has 5 nitrogen and oxygen atoms in total. The Kier molecular flexibility index (Phi) is 3.98. The van der Waals surface area contributed by atoms with Crippen molar-refractivity contribution in [3.8, 4) is 0 Å². The lowest BCUT2D eigenvalue weighted by molar-refractivity contribution is 0.641. The van der Waals surface area contributed by atoms with E-state index in [4.69, 9.17) is 0 Å². The van der Waals surface area contributed by atoms with Gasteiger partial charge < -0.3 is 0 Å². The van der Waals surface area contributed by atoms with Crippen LogP contribution in [0.4, 0.5) is 0 Å². The summed E-state index contributed by atoms with van der Waals surface area (Å²) in [4.78, 5) is 8.56. The highest BCUT2D eigenvalue weighted by Gasteiger charge is 2.11. The first kappa shape index (κ1) is 13.5. The van der Waals surface area contributed by atoms with E-state index in [0.717, 1.165) is 33.0 Å². The van der Waals surface area contributed by atoms with E-state index < -0.39 is 0 Å². The van der Waals surface area contributed by atoms with Gasteiger partial charge in [-0.05, 0) is 24.6 Å². The number of hydrogen-bond acceptors (Lipinski definition) is 5. The fourth-order valence-electron chi connectivity index (χ4n) is 1.82. The molecule has 0 spiro atoms. The summed E-state index contributed by atoms with van der Waals surface area (Å²) in [6.07, 6.45) is 1.57. The molecule has 2 aromatic heterocycles. The summed E-state index contributed by atoms with van der Waals surface area (Å²) < 4.78 is 2.86. The third-order valence-corrected chi connectivity index (χ3v) is 4.43. The topological polar surface area (TPSA) is 56.5 Å². The molecule has 20 heavy (non-hydrogen) atoms. The van der Waals surface area contributed by atoms with Crippen molar-refractivity contribution in [3.05, 3.63) is 40.6 Å². The Morgan fingerprint density at radius 2 is 2.00 bits per heavy atom. The number of aryl methyl sites for hydroxylation is 1. The van der Waals surface area contributed by atoms with Crippen LogP contribution in [0.5, 0.6) is 0 Å². The minimum Gasteiger partial charge on any atom is -0.227 e. The fraction of sp³-hybridized carbons (Fsp3) is 0.231. The van der Waals surface area contributed by atoms with E-state index in [1.807, 2.05) is 19.1 Å². The molecule has 7 heteroatoms. The second-order valence-corrected chi connectivity index (χ2v) is 6.05. The van der Waals surface area contributed by atoms with E-state index >= 15 is 0 Å². The largest absolute Gasteiger partial charge is 0.227 e. The van der Waals surface area contributed by atoms with Gasteiger partial charge in [0.05, 0.1) is 0 Å². The number of aromatic nitrogens is 5. The standard InChI is InChI=1S/C13H12BrN5S/c1-2-19-12-11(17-18-19)13(16-8-15-12)20-7-9-3-5-10(14)6-4-9/h3-6,8H,2,7H2,1H3. The molecule has 2 heterocycles. The number of halogens is 1. The molecule has 0 unspecified atom stereocenters. The van der Waals surface area contributed by atoms with Crippen LogP contribution in [-0.2, 0) is 12.3 Å². The molecule has 0 saturated heterocycles. The molecule has 0 saturated carbocycles. The minimum atomic E-state index is 0.754. The van der Waals surface area contributed by atoms with Crippen molar-refractivity contribution >= 4 is 38.9 Å². The molecule has 3 aromatic rings. The zero-order valence-electron chi connectivity index (χ0n) is 10.8. The second-order valence-electron chi connectivity index (χ2n) is 4.17. The molecule has 0 atom stereocenters. The number of rotatable bonds is 4. The maximum atomic E-state index is 4.31. The van der Waals surface area contributed by atoms with Crippen molar-refractivity contribution in [2.24, 2.45) is 0 Å². The highest BCUT2D eigenvalue weighted by atomic mass is 79.9. The van der Waals surface area contributed by atoms with Gasteiger partial charge in [0.25, 0.3) is 0 Å². The van der Waals surface area contributed by atoms with Crippen molar-refractivity contribution in [2.45, 2.75) is 24.2 Å².